The highest BCUT2D eigenvalue weighted by Gasteiger charge is 2.33. The molecule has 0 radical (unpaired) electrons. The molecule has 292 valence electrons. The first kappa shape index (κ1) is 40.2. The third kappa shape index (κ3) is 9.86. The summed E-state index contributed by atoms with van der Waals surface area (Å²) in [5.74, 6) is -2.82. The normalized spacial score (nSPS) is 17.1. The number of esters is 1. The third-order valence-electron chi connectivity index (χ3n) is 9.20. The lowest BCUT2D eigenvalue weighted by Crippen LogP contribution is -2.45. The van der Waals surface area contributed by atoms with Crippen LogP contribution in [0.1, 0.15) is 58.2 Å². The Morgan fingerprint density at radius 1 is 1.04 bits per heavy atom. The van der Waals surface area contributed by atoms with Crippen molar-refractivity contribution in [1.82, 2.24) is 10.2 Å². The summed E-state index contributed by atoms with van der Waals surface area (Å²) >= 11 is 13.5. The van der Waals surface area contributed by atoms with Crippen molar-refractivity contribution in [3.63, 3.8) is 0 Å². The molecule has 13 nitrogen and oxygen atoms in total. The number of furan rings is 1. The summed E-state index contributed by atoms with van der Waals surface area (Å²) in [6, 6.07) is 14.1. The van der Waals surface area contributed by atoms with E-state index in [0.717, 1.165) is 5.39 Å². The Kier molecular flexibility index (Phi) is 12.5. The molecule has 2 amide bonds. The molecule has 1 saturated heterocycles. The van der Waals surface area contributed by atoms with Crippen molar-refractivity contribution < 1.29 is 51.5 Å². The fourth-order valence-corrected chi connectivity index (χ4v) is 7.61. The first-order chi connectivity index (χ1) is 26.2. The Bertz CT molecular complexity index is 2130. The lowest BCUT2D eigenvalue weighted by Gasteiger charge is -2.34. The maximum Gasteiger partial charge on any atom is 0.511 e. The molecule has 2 aliphatic rings. The van der Waals surface area contributed by atoms with Gasteiger partial charge in [-0.3, -0.25) is 13.8 Å². The molecule has 4 aromatic rings. The molecular formula is C39H40Cl2N2O11S. The van der Waals surface area contributed by atoms with Gasteiger partial charge in [-0.2, -0.15) is 0 Å². The third-order valence-corrected chi connectivity index (χ3v) is 10.8. The summed E-state index contributed by atoms with van der Waals surface area (Å²) in [5.41, 5.74) is 2.91. The van der Waals surface area contributed by atoms with Gasteiger partial charge in [0.1, 0.15) is 18.2 Å². The van der Waals surface area contributed by atoms with Gasteiger partial charge in [0.25, 0.3) is 11.8 Å². The second-order valence-corrected chi connectivity index (χ2v) is 15.9. The van der Waals surface area contributed by atoms with Crippen LogP contribution in [0.2, 0.25) is 10.0 Å². The second kappa shape index (κ2) is 17.1. The largest absolute Gasteiger partial charge is 0.511 e. The molecule has 3 atom stereocenters. The van der Waals surface area contributed by atoms with Crippen molar-refractivity contribution >= 4 is 68.9 Å². The van der Waals surface area contributed by atoms with Gasteiger partial charge in [0.2, 0.25) is 6.29 Å². The van der Waals surface area contributed by atoms with Gasteiger partial charge < -0.3 is 38.3 Å². The van der Waals surface area contributed by atoms with Crippen LogP contribution in [0.3, 0.4) is 0 Å². The van der Waals surface area contributed by atoms with Crippen molar-refractivity contribution in [2.24, 2.45) is 5.92 Å². The van der Waals surface area contributed by atoms with E-state index in [1.807, 2.05) is 12.1 Å². The average molecular weight is 816 g/mol. The van der Waals surface area contributed by atoms with E-state index >= 15 is 0 Å². The Hall–Kier alpha value is -4.47. The van der Waals surface area contributed by atoms with E-state index in [0.29, 0.717) is 58.9 Å². The molecule has 2 unspecified atom stereocenters. The lowest BCUT2D eigenvalue weighted by molar-refractivity contribution is -0.265. The zero-order valence-electron chi connectivity index (χ0n) is 30.6. The summed E-state index contributed by atoms with van der Waals surface area (Å²) in [6.45, 7) is 6.03. The summed E-state index contributed by atoms with van der Waals surface area (Å²) < 4.78 is 44.6. The molecule has 3 heterocycles. The fraction of sp³-hybridized carbons (Fsp3) is 0.385. The first-order valence-electron chi connectivity index (χ1n) is 17.5. The van der Waals surface area contributed by atoms with Crippen molar-refractivity contribution in [2.75, 3.05) is 32.6 Å². The van der Waals surface area contributed by atoms with Gasteiger partial charge >= 0.3 is 12.1 Å². The molecule has 1 aromatic heterocycles. The van der Waals surface area contributed by atoms with E-state index in [2.05, 4.69) is 5.32 Å². The van der Waals surface area contributed by atoms with Crippen LogP contribution in [0.5, 0.6) is 0 Å². The number of hydrogen-bond acceptors (Lipinski definition) is 11. The quantitative estimate of drug-likeness (QED) is 0.131. The molecule has 55 heavy (non-hydrogen) atoms. The predicted octanol–water partition coefficient (Wildman–Crippen LogP) is 6.46. The number of carbonyl (C=O) groups is 4. The van der Waals surface area contributed by atoms with Crippen LogP contribution >= 0.6 is 23.2 Å². The van der Waals surface area contributed by atoms with Crippen LogP contribution in [0, 0.1) is 5.92 Å². The van der Waals surface area contributed by atoms with E-state index < -0.39 is 47.0 Å². The minimum Gasteiger partial charge on any atom is -0.464 e. The van der Waals surface area contributed by atoms with E-state index in [-0.39, 0.29) is 47.0 Å². The number of carbonyl (C=O) groups excluding carboxylic acids is 4. The van der Waals surface area contributed by atoms with Gasteiger partial charge in [-0.05, 0) is 73.4 Å². The Morgan fingerprint density at radius 3 is 2.55 bits per heavy atom. The first-order valence-corrected chi connectivity index (χ1v) is 19.8. The van der Waals surface area contributed by atoms with Crippen molar-refractivity contribution in [3.8, 4) is 0 Å². The number of amides is 2. The number of rotatable bonds is 11. The molecular weight excluding hydrogens is 775 g/mol. The molecule has 3 aromatic carbocycles. The molecule has 1 fully saturated rings. The minimum atomic E-state index is -1.39. The fourth-order valence-electron chi connectivity index (χ4n) is 6.26. The van der Waals surface area contributed by atoms with Crippen LogP contribution < -0.4 is 5.32 Å². The molecule has 6 rings (SSSR count). The lowest BCUT2D eigenvalue weighted by atomic mass is 9.95. The van der Waals surface area contributed by atoms with Gasteiger partial charge in [0, 0.05) is 65.3 Å². The monoisotopic (exact) mass is 814 g/mol. The van der Waals surface area contributed by atoms with Crippen LogP contribution in [0.15, 0.2) is 70.2 Å². The van der Waals surface area contributed by atoms with Crippen LogP contribution in [-0.2, 0) is 58.7 Å². The molecule has 0 saturated carbocycles. The van der Waals surface area contributed by atoms with E-state index in [1.54, 1.807) is 67.5 Å². The maximum atomic E-state index is 13.9. The number of fused-ring (bicyclic) bond motifs is 2. The van der Waals surface area contributed by atoms with Crippen LogP contribution in [-0.4, -0.2) is 83.8 Å². The molecule has 1 N–H and O–H groups in total. The molecule has 0 aliphatic carbocycles. The molecule has 16 heteroatoms. The molecule has 0 spiro atoms. The smallest absolute Gasteiger partial charge is 0.464 e. The second-order valence-electron chi connectivity index (χ2n) is 13.7. The van der Waals surface area contributed by atoms with Gasteiger partial charge in [-0.15, -0.1) is 0 Å². The Balaban J connectivity index is 1.14. The molecule has 0 bridgehead atoms. The minimum absolute atomic E-state index is 0.0137. The highest BCUT2D eigenvalue weighted by atomic mass is 35.5. The van der Waals surface area contributed by atoms with Gasteiger partial charge in [-0.1, -0.05) is 41.4 Å². The highest BCUT2D eigenvalue weighted by molar-refractivity contribution is 7.84. The summed E-state index contributed by atoms with van der Waals surface area (Å²) in [4.78, 5) is 55.5. The van der Waals surface area contributed by atoms with Crippen LogP contribution in [0.25, 0.3) is 11.0 Å². The Morgan fingerprint density at radius 2 is 1.80 bits per heavy atom. The number of nitrogens with one attached hydrogen (secondary N) is 1. The number of nitrogens with zero attached hydrogens (tertiary/aromatic N) is 1. The van der Waals surface area contributed by atoms with Crippen molar-refractivity contribution in [2.45, 2.75) is 63.2 Å². The number of halogens is 2. The zero-order chi connectivity index (χ0) is 39.4. The predicted molar refractivity (Wildman–Crippen MR) is 202 cm³/mol. The average Bonchev–Trinajstić information content (AvgIpc) is 3.62. The van der Waals surface area contributed by atoms with Gasteiger partial charge in [0.15, 0.2) is 5.79 Å². The van der Waals surface area contributed by atoms with E-state index in [9.17, 15) is 23.4 Å². The zero-order valence-corrected chi connectivity index (χ0v) is 32.9. The number of benzene rings is 3. The number of hydrogen-bond donors (Lipinski definition) is 1. The van der Waals surface area contributed by atoms with Crippen LogP contribution in [0.4, 0.5) is 4.79 Å². The summed E-state index contributed by atoms with van der Waals surface area (Å²) in [6.07, 6.45) is 0.883. The van der Waals surface area contributed by atoms with E-state index in [1.165, 1.54) is 13.2 Å². The van der Waals surface area contributed by atoms with Crippen molar-refractivity contribution in [1.29, 1.82) is 0 Å². The van der Waals surface area contributed by atoms with Crippen molar-refractivity contribution in [3.05, 3.63) is 98.7 Å². The van der Waals surface area contributed by atoms with Gasteiger partial charge in [0.05, 0.1) is 35.1 Å². The standard InChI is InChI=1S/C39H40Cl2N2O11S/c1-22(54-38(47)50-19-24-20-51-39(2,3)52-21-24)53-37(46)31(15-23-6-5-7-28(14-23)55(4)48)42-35(44)33-30(40)16-27-18-43(12-10-29(27)34(33)41)36(45)26-9-8-25-11-13-49-32(25)17-26/h5-9,11,13-14,16-17,22,24,31H,10,12,15,18-21H2,1-4H3,(H,42,44)/t22?,31-,55?/m0/s1. The topological polar surface area (TPSA) is 160 Å². The highest BCUT2D eigenvalue weighted by Crippen LogP contribution is 2.35. The van der Waals surface area contributed by atoms with E-state index in [4.69, 9.17) is 51.3 Å². The summed E-state index contributed by atoms with van der Waals surface area (Å²) in [7, 11) is -1.31. The van der Waals surface area contributed by atoms with Gasteiger partial charge in [-0.25, -0.2) is 9.59 Å². The molecule has 2 aliphatic heterocycles. The Labute approximate surface area is 329 Å². The SMILES string of the molecule is CC(OC(=O)OCC1COC(C)(C)OC1)OC(=O)[C@H](Cc1cccc(S(C)=O)c1)NC(=O)c1c(Cl)cc2c(c1Cl)CCN(C(=O)c1ccc3ccoc3c1)C2. The maximum absolute atomic E-state index is 13.9. The summed E-state index contributed by atoms with van der Waals surface area (Å²) in [5, 5.41) is 3.67. The number of ether oxygens (including phenoxy) is 5.